The minimum atomic E-state index is -0.770. The maximum Gasteiger partial charge on any atom is 0.287 e. The van der Waals surface area contributed by atoms with Crippen molar-refractivity contribution in [3.63, 3.8) is 0 Å². The second kappa shape index (κ2) is 9.98. The number of hydrogen-bond acceptors (Lipinski definition) is 5. The van der Waals surface area contributed by atoms with Crippen LogP contribution in [0.15, 0.2) is 52.0 Å². The fraction of sp³-hybridized carbons (Fsp3) is 0.350. The predicted molar refractivity (Wildman–Crippen MR) is 109 cm³/mol. The Balaban J connectivity index is 2.00. The Morgan fingerprint density at radius 1 is 1.14 bits per heavy atom. The summed E-state index contributed by atoms with van der Waals surface area (Å²) < 4.78 is 5.07. The van der Waals surface area contributed by atoms with Crippen molar-refractivity contribution < 1.29 is 18.8 Å². The van der Waals surface area contributed by atoms with E-state index in [0.29, 0.717) is 5.69 Å². The Morgan fingerprint density at radius 3 is 2.46 bits per heavy atom. The van der Waals surface area contributed by atoms with E-state index in [4.69, 9.17) is 4.42 Å². The lowest BCUT2D eigenvalue weighted by molar-refractivity contribution is -0.135. The normalized spacial score (nSPS) is 11.8. The van der Waals surface area contributed by atoms with E-state index in [-0.39, 0.29) is 30.0 Å². The van der Waals surface area contributed by atoms with E-state index in [1.165, 1.54) is 36.0 Å². The van der Waals surface area contributed by atoms with E-state index < -0.39 is 11.9 Å². The maximum atomic E-state index is 12.8. The van der Waals surface area contributed by atoms with Crippen LogP contribution in [0.25, 0.3) is 0 Å². The molecule has 0 bridgehead atoms. The Morgan fingerprint density at radius 2 is 1.86 bits per heavy atom. The zero-order valence-electron chi connectivity index (χ0n) is 16.4. The number of anilines is 1. The number of likely N-dealkylation sites (N-methyl/N-ethyl adjacent to an activating group) is 1. The summed E-state index contributed by atoms with van der Waals surface area (Å²) in [6, 6.07) is 9.81. The van der Waals surface area contributed by atoms with Gasteiger partial charge in [0.1, 0.15) is 6.04 Å². The highest BCUT2D eigenvalue weighted by atomic mass is 32.2. The number of benzene rings is 1. The third kappa shape index (κ3) is 5.63. The maximum absolute atomic E-state index is 12.8. The average Bonchev–Trinajstić information content (AvgIpc) is 3.20. The van der Waals surface area contributed by atoms with Crippen LogP contribution in [0.5, 0.6) is 0 Å². The van der Waals surface area contributed by atoms with E-state index in [0.717, 1.165) is 4.90 Å². The summed E-state index contributed by atoms with van der Waals surface area (Å²) in [7, 11) is 1.54. The molecular formula is C20H25N3O4S. The molecule has 3 amide bonds. The molecule has 8 heteroatoms. The molecule has 0 saturated carbocycles. The molecule has 1 aromatic heterocycles. The first-order valence-electron chi connectivity index (χ1n) is 8.85. The van der Waals surface area contributed by atoms with Crippen LogP contribution < -0.4 is 10.6 Å². The molecule has 28 heavy (non-hydrogen) atoms. The lowest BCUT2D eigenvalue weighted by atomic mass is 10.0. The average molecular weight is 404 g/mol. The highest BCUT2D eigenvalue weighted by Crippen LogP contribution is 2.24. The number of furan rings is 1. The van der Waals surface area contributed by atoms with Crippen LogP contribution in [0.2, 0.25) is 0 Å². The molecule has 2 rings (SSSR count). The molecule has 2 N–H and O–H groups in total. The first-order chi connectivity index (χ1) is 13.3. The number of carbonyl (C=O) groups is 3. The summed E-state index contributed by atoms with van der Waals surface area (Å²) in [5.41, 5.74) is 0.701. The number of carbonyl (C=O) groups excluding carboxylic acids is 3. The number of para-hydroxylation sites is 1. The fourth-order valence-corrected chi connectivity index (χ4v) is 3.16. The molecule has 1 aromatic carbocycles. The van der Waals surface area contributed by atoms with Crippen LogP contribution in [0, 0.1) is 5.92 Å². The molecule has 0 spiro atoms. The van der Waals surface area contributed by atoms with Gasteiger partial charge in [-0.3, -0.25) is 14.4 Å². The molecule has 1 heterocycles. The largest absolute Gasteiger partial charge is 0.459 e. The highest BCUT2D eigenvalue weighted by molar-refractivity contribution is 7.98. The predicted octanol–water partition coefficient (Wildman–Crippen LogP) is 2.85. The third-order valence-electron chi connectivity index (χ3n) is 4.10. The van der Waals surface area contributed by atoms with Crippen LogP contribution in [-0.4, -0.2) is 48.5 Å². The molecule has 0 radical (unpaired) electrons. The second-order valence-electron chi connectivity index (χ2n) is 6.62. The number of amides is 3. The fourth-order valence-electron chi connectivity index (χ4n) is 2.60. The zero-order chi connectivity index (χ0) is 20.7. The van der Waals surface area contributed by atoms with Crippen molar-refractivity contribution in [2.45, 2.75) is 24.8 Å². The number of thioether (sulfide) groups is 1. The van der Waals surface area contributed by atoms with Crippen LogP contribution in [0.3, 0.4) is 0 Å². The Labute approximate surface area is 168 Å². The molecule has 0 unspecified atom stereocenters. The van der Waals surface area contributed by atoms with Crippen molar-refractivity contribution in [2.75, 3.05) is 25.2 Å². The summed E-state index contributed by atoms with van der Waals surface area (Å²) in [6.07, 6.45) is 3.32. The Kier molecular flexibility index (Phi) is 7.69. The molecule has 1 atom stereocenters. The van der Waals surface area contributed by atoms with Crippen LogP contribution in [0.4, 0.5) is 5.69 Å². The van der Waals surface area contributed by atoms with Crippen LogP contribution >= 0.6 is 11.8 Å². The van der Waals surface area contributed by atoms with E-state index in [1.807, 2.05) is 44.4 Å². The lowest BCUT2D eigenvalue weighted by Gasteiger charge is -2.26. The van der Waals surface area contributed by atoms with Crippen molar-refractivity contribution in [3.05, 3.63) is 48.4 Å². The first-order valence-corrected chi connectivity index (χ1v) is 10.1. The Hall–Kier alpha value is -2.74. The van der Waals surface area contributed by atoms with Gasteiger partial charge in [0.2, 0.25) is 11.8 Å². The molecule has 0 fully saturated rings. The van der Waals surface area contributed by atoms with Crippen molar-refractivity contribution in [2.24, 2.45) is 5.92 Å². The molecule has 0 saturated heterocycles. The van der Waals surface area contributed by atoms with Crippen LogP contribution in [-0.2, 0) is 9.59 Å². The monoisotopic (exact) mass is 403 g/mol. The van der Waals surface area contributed by atoms with Crippen molar-refractivity contribution in [1.29, 1.82) is 0 Å². The van der Waals surface area contributed by atoms with Gasteiger partial charge in [-0.2, -0.15) is 0 Å². The van der Waals surface area contributed by atoms with Gasteiger partial charge in [0.05, 0.1) is 18.5 Å². The number of rotatable bonds is 8. The molecular weight excluding hydrogens is 378 g/mol. The van der Waals surface area contributed by atoms with Gasteiger partial charge in [-0.05, 0) is 36.4 Å². The second-order valence-corrected chi connectivity index (χ2v) is 7.46. The van der Waals surface area contributed by atoms with Crippen LogP contribution in [0.1, 0.15) is 24.4 Å². The van der Waals surface area contributed by atoms with E-state index in [1.54, 1.807) is 6.07 Å². The minimum absolute atomic E-state index is 0.124. The summed E-state index contributed by atoms with van der Waals surface area (Å²) >= 11 is 1.53. The molecule has 2 aromatic rings. The van der Waals surface area contributed by atoms with Gasteiger partial charge in [0.15, 0.2) is 5.76 Å². The van der Waals surface area contributed by atoms with E-state index >= 15 is 0 Å². The van der Waals surface area contributed by atoms with Gasteiger partial charge in [0, 0.05) is 11.9 Å². The summed E-state index contributed by atoms with van der Waals surface area (Å²) in [5, 5.41) is 5.50. The van der Waals surface area contributed by atoms with Gasteiger partial charge >= 0.3 is 0 Å². The summed E-state index contributed by atoms with van der Waals surface area (Å²) in [4.78, 5) is 39.7. The van der Waals surface area contributed by atoms with E-state index in [9.17, 15) is 14.4 Å². The quantitative estimate of drug-likeness (QED) is 0.662. The molecule has 7 nitrogen and oxygen atoms in total. The Bertz CT molecular complexity index is 821. The third-order valence-corrected chi connectivity index (χ3v) is 4.90. The minimum Gasteiger partial charge on any atom is -0.459 e. The molecule has 0 aliphatic heterocycles. The standard InChI is InChI=1S/C20H25N3O4S/c1-13(2)18(22-19(25)15-9-7-11-27-15)20(26)23(3)12-17(24)21-14-8-5-6-10-16(14)28-4/h5-11,13,18H,12H2,1-4H3,(H,21,24)(H,22,25)/t18-/m0/s1. The van der Waals surface area contributed by atoms with Crippen molar-refractivity contribution >= 4 is 35.2 Å². The number of hydrogen-bond donors (Lipinski definition) is 2. The van der Waals surface area contributed by atoms with Gasteiger partial charge in [0.25, 0.3) is 5.91 Å². The van der Waals surface area contributed by atoms with Gasteiger partial charge < -0.3 is 20.0 Å². The highest BCUT2D eigenvalue weighted by Gasteiger charge is 2.29. The van der Waals surface area contributed by atoms with Gasteiger partial charge in [-0.25, -0.2) is 0 Å². The smallest absolute Gasteiger partial charge is 0.287 e. The number of nitrogens with one attached hydrogen (secondary N) is 2. The van der Waals surface area contributed by atoms with Crippen molar-refractivity contribution in [1.82, 2.24) is 10.2 Å². The molecule has 150 valence electrons. The lowest BCUT2D eigenvalue weighted by Crippen LogP contribution is -2.51. The first kappa shape index (κ1) is 21.6. The molecule has 0 aliphatic carbocycles. The van der Waals surface area contributed by atoms with Gasteiger partial charge in [-0.1, -0.05) is 26.0 Å². The topological polar surface area (TPSA) is 91.7 Å². The van der Waals surface area contributed by atoms with E-state index in [2.05, 4.69) is 10.6 Å². The molecule has 0 aliphatic rings. The van der Waals surface area contributed by atoms with Crippen molar-refractivity contribution in [3.8, 4) is 0 Å². The SMILES string of the molecule is CSc1ccccc1NC(=O)CN(C)C(=O)[C@@H](NC(=O)c1ccco1)C(C)C. The number of nitrogens with zero attached hydrogens (tertiary/aromatic N) is 1. The van der Waals surface area contributed by atoms with Gasteiger partial charge in [-0.15, -0.1) is 11.8 Å². The summed E-state index contributed by atoms with van der Waals surface area (Å²) in [6.45, 7) is 3.53. The zero-order valence-corrected chi connectivity index (χ0v) is 17.2. The summed E-state index contributed by atoms with van der Waals surface area (Å²) in [5.74, 6) is -1.15.